The molecule has 0 saturated heterocycles. The number of fused-ring (bicyclic) bond motifs is 1. The van der Waals surface area contributed by atoms with Crippen LogP contribution in [0.4, 0.5) is 0 Å². The third kappa shape index (κ3) is 41.6. The Morgan fingerprint density at radius 1 is 0.516 bits per heavy atom. The highest BCUT2D eigenvalue weighted by Crippen LogP contribution is 2.53. The van der Waals surface area contributed by atoms with Crippen LogP contribution < -0.4 is 47.9 Å². The van der Waals surface area contributed by atoms with Crippen molar-refractivity contribution in [2.75, 3.05) is 84.1 Å². The van der Waals surface area contributed by atoms with Crippen molar-refractivity contribution in [1.29, 1.82) is 0 Å². The van der Waals surface area contributed by atoms with Crippen LogP contribution in [0.3, 0.4) is 0 Å². The molecule has 7 aliphatic carbocycles. The Kier molecular flexibility index (Phi) is 57.2. The molecule has 11 nitrogen and oxygen atoms in total. The van der Waals surface area contributed by atoms with Crippen molar-refractivity contribution in [2.24, 2.45) is 64.1 Å². The highest BCUT2D eigenvalue weighted by Gasteiger charge is 2.47. The van der Waals surface area contributed by atoms with Crippen LogP contribution in [0.1, 0.15) is 288 Å². The summed E-state index contributed by atoms with van der Waals surface area (Å²) in [5.41, 5.74) is 3.28. The molecule has 9 N–H and O–H groups in total. The van der Waals surface area contributed by atoms with Crippen LogP contribution in [0.15, 0.2) is 30.3 Å². The average Bonchev–Trinajstić information content (AvgIpc) is 1.06. The first-order chi connectivity index (χ1) is 41.4. The molecule has 0 radical (unpaired) electrons. The van der Waals surface area contributed by atoms with Gasteiger partial charge in [-0.1, -0.05) is 189 Å². The molecule has 1 aromatic rings. The predicted octanol–water partition coefficient (Wildman–Crippen LogP) is 18.2. The number of hydrogen-bond donors (Lipinski definition) is 9. The zero-order valence-corrected chi connectivity index (χ0v) is 66.3. The van der Waals surface area contributed by atoms with Gasteiger partial charge in [-0.05, 0) is 258 Å². The van der Waals surface area contributed by atoms with E-state index in [0.29, 0.717) is 52.1 Å². The van der Waals surface area contributed by atoms with Crippen molar-refractivity contribution < 1.29 is 4.84 Å². The quantitative estimate of drug-likeness (QED) is 0.0616. The normalized spacial score (nSPS) is 23.5. The maximum atomic E-state index is 5.02. The second-order valence-corrected chi connectivity index (χ2v) is 32.2. The van der Waals surface area contributed by atoms with Gasteiger partial charge in [-0.2, -0.15) is 5.06 Å². The van der Waals surface area contributed by atoms with Gasteiger partial charge < -0.3 is 47.9 Å². The lowest BCUT2D eigenvalue weighted by atomic mass is 9.54. The van der Waals surface area contributed by atoms with Gasteiger partial charge in [0.25, 0.3) is 0 Å². The number of hydroxylamine groups is 2. The summed E-state index contributed by atoms with van der Waals surface area (Å²) >= 11 is 0. The van der Waals surface area contributed by atoms with Gasteiger partial charge in [0.15, 0.2) is 0 Å². The lowest BCUT2D eigenvalue weighted by Gasteiger charge is -2.54. The van der Waals surface area contributed by atoms with Gasteiger partial charge in [0.05, 0.1) is 6.61 Å². The molecular weight excluding hydrogens is 1120 g/mol. The van der Waals surface area contributed by atoms with Crippen LogP contribution in [0.25, 0.3) is 0 Å². The van der Waals surface area contributed by atoms with Crippen LogP contribution >= 0.6 is 0 Å². The average molecular weight is 1290 g/mol. The van der Waals surface area contributed by atoms with E-state index in [1.165, 1.54) is 82.6 Å². The van der Waals surface area contributed by atoms with Crippen molar-refractivity contribution >= 4 is 0 Å². The molecule has 91 heavy (non-hydrogen) atoms. The number of nitrogens with one attached hydrogen (secondary N) is 9. The molecular formula is C80H174N10O. The third-order valence-electron chi connectivity index (χ3n) is 21.6. The highest BCUT2D eigenvalue weighted by molar-refractivity contribution is 5.22. The first kappa shape index (κ1) is 98.5. The maximum Gasteiger partial charge on any atom is 0.0682 e. The second-order valence-electron chi connectivity index (χ2n) is 32.2. The van der Waals surface area contributed by atoms with E-state index in [1.54, 1.807) is 37.2 Å². The molecule has 0 spiro atoms. The Hall–Kier alpha value is -1.22. The summed E-state index contributed by atoms with van der Waals surface area (Å²) < 4.78 is 0. The summed E-state index contributed by atoms with van der Waals surface area (Å²) in [5.74, 6) is 8.39. The SMILES string of the molecule is C.C.CCCON(C)C.CC[C@@H](NC)C(C)C.CC[C@H](NC)C(C)C.CNC(C(C)C)C(C)C.CNC(C)(C)c1ccccc1.CNC1(C)CCCC1.CNC12CCCC1CCC2.CNC1C2CC3CC(C2)CC1C3.CN[C@@H](C)C(C)(C)C.CN[C@H](C)C(C)(C)C. The van der Waals surface area contributed by atoms with Gasteiger partial charge in [-0.15, -0.1) is 0 Å². The van der Waals surface area contributed by atoms with E-state index in [4.69, 9.17) is 4.84 Å². The van der Waals surface area contributed by atoms with E-state index >= 15 is 0 Å². The molecule has 7 fully saturated rings. The van der Waals surface area contributed by atoms with Gasteiger partial charge in [0.1, 0.15) is 0 Å². The molecule has 7 saturated carbocycles. The molecule has 7 aliphatic rings. The minimum Gasteiger partial charge on any atom is -0.317 e. The molecule has 0 amide bonds. The van der Waals surface area contributed by atoms with E-state index in [9.17, 15) is 0 Å². The minimum absolute atomic E-state index is 0. The Balaban J connectivity index is -0.000000302. The molecule has 8 rings (SSSR count). The highest BCUT2D eigenvalue weighted by atomic mass is 16.7. The molecule has 0 unspecified atom stereocenters. The number of benzene rings is 1. The van der Waals surface area contributed by atoms with Crippen LogP contribution in [0.5, 0.6) is 0 Å². The lowest BCUT2D eigenvalue weighted by Crippen LogP contribution is -2.53. The largest absolute Gasteiger partial charge is 0.317 e. The minimum atomic E-state index is 0. The number of hydrogen-bond acceptors (Lipinski definition) is 11. The first-order valence-corrected chi connectivity index (χ1v) is 36.9. The zero-order valence-electron chi connectivity index (χ0n) is 66.3. The molecule has 0 aliphatic heterocycles. The summed E-state index contributed by atoms with van der Waals surface area (Å²) in [7, 11) is 22.2. The van der Waals surface area contributed by atoms with Gasteiger partial charge in [0.2, 0.25) is 0 Å². The smallest absolute Gasteiger partial charge is 0.0682 e. The van der Waals surface area contributed by atoms with Gasteiger partial charge in [0, 0.05) is 67.0 Å². The maximum absolute atomic E-state index is 5.02. The summed E-state index contributed by atoms with van der Waals surface area (Å²) in [6, 6.07) is 14.6. The van der Waals surface area contributed by atoms with Crippen LogP contribution in [-0.4, -0.2) is 137 Å². The lowest BCUT2D eigenvalue weighted by molar-refractivity contribution is -0.119. The van der Waals surface area contributed by atoms with Gasteiger partial charge in [-0.25, -0.2) is 0 Å². The summed E-state index contributed by atoms with van der Waals surface area (Å²) in [5, 5.41) is 31.6. The molecule has 550 valence electrons. The summed E-state index contributed by atoms with van der Waals surface area (Å²) in [4.78, 5) is 5.02. The topological polar surface area (TPSA) is 121 Å². The number of rotatable bonds is 19. The Labute approximate surface area is 574 Å². The van der Waals surface area contributed by atoms with Crippen LogP contribution in [-0.2, 0) is 10.4 Å². The van der Waals surface area contributed by atoms with E-state index in [-0.39, 0.29) is 20.4 Å². The molecule has 0 heterocycles. The van der Waals surface area contributed by atoms with Gasteiger partial charge >= 0.3 is 0 Å². The van der Waals surface area contributed by atoms with E-state index in [0.717, 1.165) is 72.3 Å². The molecule has 4 atom stereocenters. The van der Waals surface area contributed by atoms with E-state index in [1.807, 2.05) is 62.4 Å². The number of nitrogens with zero attached hydrogens (tertiary/aromatic N) is 1. The predicted molar refractivity (Wildman–Crippen MR) is 415 cm³/mol. The molecule has 11 heteroatoms. The zero-order chi connectivity index (χ0) is 69.4. The van der Waals surface area contributed by atoms with Crippen molar-refractivity contribution in [3.05, 3.63) is 35.9 Å². The van der Waals surface area contributed by atoms with E-state index < -0.39 is 0 Å². The van der Waals surface area contributed by atoms with Crippen molar-refractivity contribution in [1.82, 2.24) is 52.9 Å². The van der Waals surface area contributed by atoms with Crippen molar-refractivity contribution in [3.8, 4) is 0 Å². The Morgan fingerprint density at radius 2 is 0.912 bits per heavy atom. The monoisotopic (exact) mass is 1290 g/mol. The molecule has 1 aromatic carbocycles. The Bertz CT molecular complexity index is 1640. The standard InChI is InChI=1S/C11H19N.C10H15N.C9H17N.C8H19N.C7H15N.4C7H17N.C5H13NO.2CH4/c1-12-11-9-3-7-2-8(5-9)6-10(11)4-7;1-10(2,11-3)9-7-5-4-6-8-9;1-10-9-6-2-4-8(9)5-3-7-9;1-6(2)8(9-5)7(3)4;1-7(8-2)5-3-4-6-7;2*1-6(8-5)7(2,3)4;2*1-5-7(8-4)6(2)3;1-4-5-7-6(2)3;;/h7-12H,2-6H2,1H3;4-8,11H,1-3H3;8,10H,2-7H2,1H3;6-9H,1-5H3;8H,3-6H2,1-2H3;2*6,8H,1-5H3;2*6-8H,5H2,1-4H3;4-5H2,1-3H3;2*1H4/t;;;;;2*6-;2*7-;;;/m.....1010.../s1. The fourth-order valence-electron chi connectivity index (χ4n) is 14.4. The van der Waals surface area contributed by atoms with Crippen molar-refractivity contribution in [2.45, 2.75) is 336 Å². The third-order valence-corrected chi connectivity index (χ3v) is 21.6. The summed E-state index contributed by atoms with van der Waals surface area (Å²) in [6.07, 6.45) is 25.6. The van der Waals surface area contributed by atoms with Crippen LogP contribution in [0.2, 0.25) is 0 Å². The van der Waals surface area contributed by atoms with Crippen molar-refractivity contribution in [3.63, 3.8) is 0 Å². The van der Waals surface area contributed by atoms with Crippen LogP contribution in [0, 0.1) is 64.1 Å². The van der Waals surface area contributed by atoms with E-state index in [2.05, 4.69) is 246 Å². The van der Waals surface area contributed by atoms with Gasteiger partial charge in [-0.3, -0.25) is 4.84 Å². The summed E-state index contributed by atoms with van der Waals surface area (Å²) in [6.45, 7) is 49.7. The fraction of sp³-hybridized carbons (Fsp3) is 0.925. The first-order valence-electron chi connectivity index (χ1n) is 36.9. The fourth-order valence-corrected chi connectivity index (χ4v) is 14.4. The Morgan fingerprint density at radius 3 is 1.10 bits per heavy atom. The molecule has 4 bridgehead atoms. The second kappa shape index (κ2) is 52.8. The molecule has 0 aromatic heterocycles.